The Balaban J connectivity index is 1.64. The summed E-state index contributed by atoms with van der Waals surface area (Å²) in [6.45, 7) is 4.15. The predicted molar refractivity (Wildman–Crippen MR) is 95.3 cm³/mol. The van der Waals surface area contributed by atoms with Crippen molar-refractivity contribution in [1.82, 2.24) is 13.9 Å². The smallest absolute Gasteiger partial charge is 0.243 e. The summed E-state index contributed by atoms with van der Waals surface area (Å²) < 4.78 is 53.6. The summed E-state index contributed by atoms with van der Waals surface area (Å²) in [5.74, 6) is 0. The number of nitrogens with one attached hydrogen (secondary N) is 1. The number of likely N-dealkylation sites (tertiary alicyclic amines) is 1. The molecule has 7 nitrogen and oxygen atoms in total. The van der Waals surface area contributed by atoms with E-state index in [1.165, 1.54) is 41.4 Å². The molecular formula is C16H25N3O4S2. The fourth-order valence-corrected chi connectivity index (χ4v) is 5.83. The highest BCUT2D eigenvalue weighted by Crippen LogP contribution is 2.22. The van der Waals surface area contributed by atoms with E-state index in [-0.39, 0.29) is 9.79 Å². The molecule has 2 saturated heterocycles. The lowest BCUT2D eigenvalue weighted by Crippen LogP contribution is -2.33. The molecule has 0 amide bonds. The largest absolute Gasteiger partial charge is 0.302 e. The van der Waals surface area contributed by atoms with E-state index in [4.69, 9.17) is 0 Å². The lowest BCUT2D eigenvalue weighted by Gasteiger charge is -2.16. The Morgan fingerprint density at radius 3 is 1.92 bits per heavy atom. The zero-order valence-corrected chi connectivity index (χ0v) is 15.9. The summed E-state index contributed by atoms with van der Waals surface area (Å²) in [4.78, 5) is 2.47. The van der Waals surface area contributed by atoms with Crippen molar-refractivity contribution in [2.45, 2.75) is 35.5 Å². The van der Waals surface area contributed by atoms with E-state index >= 15 is 0 Å². The van der Waals surface area contributed by atoms with Gasteiger partial charge in [-0.1, -0.05) is 0 Å². The van der Waals surface area contributed by atoms with E-state index < -0.39 is 20.0 Å². The molecular weight excluding hydrogens is 362 g/mol. The Hall–Kier alpha value is -1.00. The molecule has 1 N–H and O–H groups in total. The highest BCUT2D eigenvalue weighted by molar-refractivity contribution is 7.89. The highest BCUT2D eigenvalue weighted by Gasteiger charge is 2.27. The van der Waals surface area contributed by atoms with Gasteiger partial charge in [-0.3, -0.25) is 0 Å². The van der Waals surface area contributed by atoms with Crippen LogP contribution in [0, 0.1) is 0 Å². The van der Waals surface area contributed by atoms with Crippen LogP contribution in [-0.4, -0.2) is 65.3 Å². The Morgan fingerprint density at radius 1 is 0.800 bits per heavy atom. The first-order valence-electron chi connectivity index (χ1n) is 8.72. The first-order valence-corrected chi connectivity index (χ1v) is 11.6. The summed E-state index contributed by atoms with van der Waals surface area (Å²) >= 11 is 0. The molecule has 0 atom stereocenters. The maximum atomic E-state index is 12.5. The quantitative estimate of drug-likeness (QED) is 0.749. The number of hydrogen-bond acceptors (Lipinski definition) is 5. The molecule has 2 fully saturated rings. The van der Waals surface area contributed by atoms with E-state index in [1.807, 2.05) is 0 Å². The molecule has 140 valence electrons. The summed E-state index contributed by atoms with van der Waals surface area (Å²) in [5.41, 5.74) is 0. The fourth-order valence-electron chi connectivity index (χ4n) is 3.30. The van der Waals surface area contributed by atoms with Gasteiger partial charge in [0.25, 0.3) is 0 Å². The van der Waals surface area contributed by atoms with Gasteiger partial charge in [0, 0.05) is 26.2 Å². The van der Waals surface area contributed by atoms with Crippen LogP contribution in [0.15, 0.2) is 34.1 Å². The molecule has 0 aliphatic carbocycles. The standard InChI is InChI=1S/C16H25N3O4S2/c20-24(21,17-9-14-18-10-1-2-11-18)15-5-7-16(8-6-15)25(22,23)19-12-3-4-13-19/h5-8,17H,1-4,9-14H2. The van der Waals surface area contributed by atoms with Crippen molar-refractivity contribution in [1.29, 1.82) is 0 Å². The molecule has 2 heterocycles. The van der Waals surface area contributed by atoms with Crippen molar-refractivity contribution in [3.05, 3.63) is 24.3 Å². The molecule has 0 unspecified atom stereocenters. The van der Waals surface area contributed by atoms with Gasteiger partial charge in [-0.25, -0.2) is 21.6 Å². The van der Waals surface area contributed by atoms with Crippen LogP contribution < -0.4 is 4.72 Å². The third-order valence-electron chi connectivity index (χ3n) is 4.76. The van der Waals surface area contributed by atoms with E-state index in [0.29, 0.717) is 26.2 Å². The van der Waals surface area contributed by atoms with Gasteiger partial charge >= 0.3 is 0 Å². The van der Waals surface area contributed by atoms with Gasteiger partial charge in [0.1, 0.15) is 0 Å². The third kappa shape index (κ3) is 4.40. The normalized spacial score (nSPS) is 20.3. The first kappa shape index (κ1) is 18.8. The van der Waals surface area contributed by atoms with Crippen LogP contribution in [0.4, 0.5) is 0 Å². The molecule has 3 rings (SSSR count). The van der Waals surface area contributed by atoms with Gasteiger partial charge in [0.2, 0.25) is 20.0 Å². The van der Waals surface area contributed by atoms with Gasteiger partial charge in [0.05, 0.1) is 9.79 Å². The van der Waals surface area contributed by atoms with Gasteiger partial charge < -0.3 is 4.90 Å². The second-order valence-electron chi connectivity index (χ2n) is 6.53. The Morgan fingerprint density at radius 2 is 1.32 bits per heavy atom. The minimum atomic E-state index is -3.62. The molecule has 0 saturated carbocycles. The van der Waals surface area contributed by atoms with Crippen LogP contribution in [0.5, 0.6) is 0 Å². The molecule has 0 spiro atoms. The highest BCUT2D eigenvalue weighted by atomic mass is 32.2. The number of hydrogen-bond donors (Lipinski definition) is 1. The lowest BCUT2D eigenvalue weighted by molar-refractivity contribution is 0.344. The van der Waals surface area contributed by atoms with Crippen LogP contribution in [0.3, 0.4) is 0 Å². The zero-order chi connectivity index (χ0) is 17.9. The van der Waals surface area contributed by atoms with Crippen LogP contribution in [-0.2, 0) is 20.0 Å². The monoisotopic (exact) mass is 387 g/mol. The van der Waals surface area contributed by atoms with E-state index in [9.17, 15) is 16.8 Å². The Labute approximate surface area is 150 Å². The number of sulfonamides is 2. The molecule has 2 aliphatic rings. The molecule has 0 radical (unpaired) electrons. The molecule has 25 heavy (non-hydrogen) atoms. The SMILES string of the molecule is O=S(=O)(NCCN1CCCC1)c1ccc(S(=O)(=O)N2CCCC2)cc1. The maximum absolute atomic E-state index is 12.5. The van der Waals surface area contributed by atoms with Crippen molar-refractivity contribution < 1.29 is 16.8 Å². The van der Waals surface area contributed by atoms with Crippen LogP contribution in [0.25, 0.3) is 0 Å². The Bertz CT molecular complexity index is 779. The summed E-state index contributed by atoms with van der Waals surface area (Å²) in [6, 6.07) is 5.48. The minimum Gasteiger partial charge on any atom is -0.302 e. The van der Waals surface area contributed by atoms with Crippen molar-refractivity contribution in [3.8, 4) is 0 Å². The second-order valence-corrected chi connectivity index (χ2v) is 10.2. The zero-order valence-electron chi connectivity index (χ0n) is 14.2. The number of benzene rings is 1. The van der Waals surface area contributed by atoms with E-state index in [2.05, 4.69) is 9.62 Å². The molecule has 1 aromatic carbocycles. The second kappa shape index (κ2) is 7.71. The van der Waals surface area contributed by atoms with Crippen LogP contribution in [0.2, 0.25) is 0 Å². The topological polar surface area (TPSA) is 86.8 Å². The molecule has 1 aromatic rings. The van der Waals surface area contributed by atoms with Gasteiger partial charge in [0.15, 0.2) is 0 Å². The predicted octanol–water partition coefficient (Wildman–Crippen LogP) is 0.845. The molecule has 0 bridgehead atoms. The summed E-state index contributed by atoms with van der Waals surface area (Å²) in [7, 11) is -7.14. The average Bonchev–Trinajstić information content (AvgIpc) is 3.29. The lowest BCUT2D eigenvalue weighted by atomic mass is 10.4. The first-order chi connectivity index (χ1) is 11.9. The summed E-state index contributed by atoms with van der Waals surface area (Å²) in [5, 5.41) is 0. The number of rotatable bonds is 7. The van der Waals surface area contributed by atoms with Crippen LogP contribution >= 0.6 is 0 Å². The van der Waals surface area contributed by atoms with Crippen molar-refractivity contribution in [2.75, 3.05) is 39.3 Å². The van der Waals surface area contributed by atoms with E-state index in [1.54, 1.807) is 0 Å². The van der Waals surface area contributed by atoms with E-state index in [0.717, 1.165) is 25.9 Å². The molecule has 9 heteroatoms. The summed E-state index contributed by atoms with van der Waals surface area (Å²) in [6.07, 6.45) is 4.07. The van der Waals surface area contributed by atoms with Crippen molar-refractivity contribution in [3.63, 3.8) is 0 Å². The van der Waals surface area contributed by atoms with Crippen molar-refractivity contribution >= 4 is 20.0 Å². The Kier molecular flexibility index (Phi) is 5.79. The van der Waals surface area contributed by atoms with Crippen LogP contribution in [0.1, 0.15) is 25.7 Å². The van der Waals surface area contributed by atoms with Gasteiger partial charge in [-0.05, 0) is 63.0 Å². The van der Waals surface area contributed by atoms with Crippen molar-refractivity contribution in [2.24, 2.45) is 0 Å². The average molecular weight is 388 g/mol. The van der Waals surface area contributed by atoms with Gasteiger partial charge in [-0.15, -0.1) is 0 Å². The molecule has 0 aromatic heterocycles. The minimum absolute atomic E-state index is 0.0919. The van der Waals surface area contributed by atoms with Gasteiger partial charge in [-0.2, -0.15) is 4.31 Å². The number of nitrogens with zero attached hydrogens (tertiary/aromatic N) is 2. The third-order valence-corrected chi connectivity index (χ3v) is 8.15. The molecule has 2 aliphatic heterocycles. The fraction of sp³-hybridized carbons (Fsp3) is 0.625. The maximum Gasteiger partial charge on any atom is 0.243 e.